The fraction of sp³-hybridized carbons (Fsp3) is 0.429. The molecule has 1 aliphatic heterocycles. The van der Waals surface area contributed by atoms with Gasteiger partial charge in [-0.1, -0.05) is 62.6 Å². The molecular formula is C21H26O2. The van der Waals surface area contributed by atoms with Crippen molar-refractivity contribution in [2.75, 3.05) is 13.2 Å². The van der Waals surface area contributed by atoms with Crippen LogP contribution in [0.25, 0.3) is 11.1 Å². The Labute approximate surface area is 139 Å². The number of hydrogen-bond acceptors (Lipinski definition) is 2. The van der Waals surface area contributed by atoms with Crippen LogP contribution in [0.3, 0.4) is 0 Å². The molecule has 0 radical (unpaired) electrons. The van der Waals surface area contributed by atoms with E-state index in [2.05, 4.69) is 43.3 Å². The number of aryl methyl sites for hydroxylation is 1. The highest BCUT2D eigenvalue weighted by Gasteiger charge is 2.22. The molecule has 0 saturated carbocycles. The average Bonchev–Trinajstić information content (AvgIpc) is 3.42. The van der Waals surface area contributed by atoms with E-state index < -0.39 is 0 Å². The standard InChI is InChI=1S/C21H26O2/c1-2-3-4-5-6-17-7-9-18(10-8-17)19-11-13-20(14-12-19)22-15-21-16-23-21/h7-14,21H,2-6,15-16H2,1H3. The van der Waals surface area contributed by atoms with Gasteiger partial charge in [-0.15, -0.1) is 0 Å². The molecule has 1 heterocycles. The van der Waals surface area contributed by atoms with E-state index in [1.54, 1.807) is 0 Å². The van der Waals surface area contributed by atoms with E-state index >= 15 is 0 Å². The van der Waals surface area contributed by atoms with E-state index in [9.17, 15) is 0 Å². The monoisotopic (exact) mass is 310 g/mol. The highest BCUT2D eigenvalue weighted by molar-refractivity contribution is 5.64. The summed E-state index contributed by atoms with van der Waals surface area (Å²) in [6, 6.07) is 17.3. The molecule has 2 heteroatoms. The largest absolute Gasteiger partial charge is 0.491 e. The highest BCUT2D eigenvalue weighted by atomic mass is 16.6. The van der Waals surface area contributed by atoms with Gasteiger partial charge in [0.15, 0.2) is 0 Å². The van der Waals surface area contributed by atoms with E-state index in [0.29, 0.717) is 12.7 Å². The van der Waals surface area contributed by atoms with Crippen LogP contribution in [0.15, 0.2) is 48.5 Å². The lowest BCUT2D eigenvalue weighted by molar-refractivity contribution is 0.263. The lowest BCUT2D eigenvalue weighted by atomic mass is 10.0. The molecule has 0 spiro atoms. The molecule has 23 heavy (non-hydrogen) atoms. The molecule has 2 aromatic carbocycles. The van der Waals surface area contributed by atoms with Crippen LogP contribution in [0, 0.1) is 0 Å². The van der Waals surface area contributed by atoms with Crippen molar-refractivity contribution in [2.24, 2.45) is 0 Å². The summed E-state index contributed by atoms with van der Waals surface area (Å²) >= 11 is 0. The van der Waals surface area contributed by atoms with Gasteiger partial charge in [0, 0.05) is 0 Å². The van der Waals surface area contributed by atoms with E-state index in [4.69, 9.17) is 9.47 Å². The third-order valence-corrected chi connectivity index (χ3v) is 4.30. The summed E-state index contributed by atoms with van der Waals surface area (Å²) in [5.74, 6) is 0.914. The molecule has 1 saturated heterocycles. The fourth-order valence-corrected chi connectivity index (χ4v) is 2.72. The molecule has 3 rings (SSSR count). The van der Waals surface area contributed by atoms with Crippen molar-refractivity contribution in [3.05, 3.63) is 54.1 Å². The van der Waals surface area contributed by atoms with Crippen LogP contribution in [0.1, 0.15) is 38.2 Å². The molecule has 0 bridgehead atoms. The fourth-order valence-electron chi connectivity index (χ4n) is 2.72. The zero-order chi connectivity index (χ0) is 15.9. The summed E-state index contributed by atoms with van der Waals surface area (Å²) in [5, 5.41) is 0. The first kappa shape index (κ1) is 16.1. The van der Waals surface area contributed by atoms with Crippen molar-refractivity contribution >= 4 is 0 Å². The molecule has 1 aliphatic rings. The maximum absolute atomic E-state index is 5.68. The van der Waals surface area contributed by atoms with Crippen LogP contribution < -0.4 is 4.74 Å². The zero-order valence-corrected chi connectivity index (χ0v) is 14.0. The first-order chi connectivity index (χ1) is 11.3. The van der Waals surface area contributed by atoms with Crippen molar-refractivity contribution in [3.63, 3.8) is 0 Å². The molecule has 1 atom stereocenters. The Kier molecular flexibility index (Phi) is 5.71. The van der Waals surface area contributed by atoms with Crippen LogP contribution in [0.2, 0.25) is 0 Å². The average molecular weight is 310 g/mol. The second kappa shape index (κ2) is 8.16. The number of epoxide rings is 1. The van der Waals surface area contributed by atoms with Gasteiger partial charge >= 0.3 is 0 Å². The Morgan fingerprint density at radius 3 is 2.17 bits per heavy atom. The number of ether oxygens (including phenoxy) is 2. The van der Waals surface area contributed by atoms with Gasteiger partial charge in [0.05, 0.1) is 6.61 Å². The molecule has 2 nitrogen and oxygen atoms in total. The number of benzene rings is 2. The molecule has 122 valence electrons. The summed E-state index contributed by atoms with van der Waals surface area (Å²) in [4.78, 5) is 0. The molecule has 0 aromatic heterocycles. The predicted octanol–water partition coefficient (Wildman–Crippen LogP) is 5.25. The molecule has 0 aliphatic carbocycles. The minimum atomic E-state index is 0.305. The van der Waals surface area contributed by atoms with Gasteiger partial charge in [0.25, 0.3) is 0 Å². The lowest BCUT2D eigenvalue weighted by Crippen LogP contribution is -2.03. The van der Waals surface area contributed by atoms with E-state index in [1.807, 2.05) is 12.1 Å². The zero-order valence-electron chi connectivity index (χ0n) is 14.0. The van der Waals surface area contributed by atoms with Crippen molar-refractivity contribution < 1.29 is 9.47 Å². The minimum Gasteiger partial charge on any atom is -0.491 e. The van der Waals surface area contributed by atoms with Gasteiger partial charge in [-0.25, -0.2) is 0 Å². The molecule has 0 amide bonds. The van der Waals surface area contributed by atoms with Crippen LogP contribution in [-0.2, 0) is 11.2 Å². The maximum Gasteiger partial charge on any atom is 0.119 e. The number of rotatable bonds is 9. The Balaban J connectivity index is 1.53. The summed E-state index contributed by atoms with van der Waals surface area (Å²) in [6.45, 7) is 3.75. The summed E-state index contributed by atoms with van der Waals surface area (Å²) in [6.07, 6.45) is 6.77. The van der Waals surface area contributed by atoms with Gasteiger partial charge in [0.2, 0.25) is 0 Å². The van der Waals surface area contributed by atoms with Gasteiger partial charge in [-0.2, -0.15) is 0 Å². The van der Waals surface area contributed by atoms with Gasteiger partial charge < -0.3 is 9.47 Å². The molecule has 0 N–H and O–H groups in total. The second-order valence-electron chi connectivity index (χ2n) is 6.30. The first-order valence-electron chi connectivity index (χ1n) is 8.79. The summed E-state index contributed by atoms with van der Waals surface area (Å²) in [7, 11) is 0. The van der Waals surface area contributed by atoms with Gasteiger partial charge in [0.1, 0.15) is 18.5 Å². The van der Waals surface area contributed by atoms with E-state index in [-0.39, 0.29) is 0 Å². The van der Waals surface area contributed by atoms with Crippen LogP contribution in [0.5, 0.6) is 5.75 Å². The van der Waals surface area contributed by atoms with Gasteiger partial charge in [-0.3, -0.25) is 0 Å². The third kappa shape index (κ3) is 5.11. The van der Waals surface area contributed by atoms with E-state index in [1.165, 1.54) is 48.8 Å². The summed E-state index contributed by atoms with van der Waals surface area (Å²) in [5.41, 5.74) is 3.94. The Bertz CT molecular complexity index is 582. The smallest absolute Gasteiger partial charge is 0.119 e. The topological polar surface area (TPSA) is 21.8 Å². The highest BCUT2D eigenvalue weighted by Crippen LogP contribution is 2.24. The SMILES string of the molecule is CCCCCCc1ccc(-c2ccc(OCC3CO3)cc2)cc1. The van der Waals surface area contributed by atoms with E-state index in [0.717, 1.165) is 12.4 Å². The predicted molar refractivity (Wildman–Crippen MR) is 95.0 cm³/mol. The summed E-state index contributed by atoms with van der Waals surface area (Å²) < 4.78 is 10.8. The van der Waals surface area contributed by atoms with Crippen molar-refractivity contribution in [1.29, 1.82) is 0 Å². The molecular weight excluding hydrogens is 284 g/mol. The van der Waals surface area contributed by atoms with Crippen molar-refractivity contribution in [2.45, 2.75) is 45.1 Å². The van der Waals surface area contributed by atoms with Crippen molar-refractivity contribution in [3.8, 4) is 16.9 Å². The quantitative estimate of drug-likeness (QED) is 0.466. The number of unbranched alkanes of at least 4 members (excludes halogenated alkanes) is 3. The number of hydrogen-bond donors (Lipinski definition) is 0. The Hall–Kier alpha value is -1.80. The minimum absolute atomic E-state index is 0.305. The van der Waals surface area contributed by atoms with Crippen LogP contribution in [0.4, 0.5) is 0 Å². The van der Waals surface area contributed by atoms with Crippen LogP contribution in [-0.4, -0.2) is 19.3 Å². The second-order valence-corrected chi connectivity index (χ2v) is 6.30. The molecule has 1 unspecified atom stereocenters. The third-order valence-electron chi connectivity index (χ3n) is 4.30. The Morgan fingerprint density at radius 2 is 1.57 bits per heavy atom. The van der Waals surface area contributed by atoms with Gasteiger partial charge in [-0.05, 0) is 41.7 Å². The molecule has 1 fully saturated rings. The van der Waals surface area contributed by atoms with Crippen LogP contribution >= 0.6 is 0 Å². The molecule has 2 aromatic rings. The lowest BCUT2D eigenvalue weighted by Gasteiger charge is -2.07. The van der Waals surface area contributed by atoms with Crippen molar-refractivity contribution in [1.82, 2.24) is 0 Å². The normalized spacial score (nSPS) is 16.3. The first-order valence-corrected chi connectivity index (χ1v) is 8.79. The Morgan fingerprint density at radius 1 is 0.913 bits per heavy atom. The maximum atomic E-state index is 5.68.